The van der Waals surface area contributed by atoms with Gasteiger partial charge in [-0.25, -0.2) is 9.78 Å². The molecule has 0 radical (unpaired) electrons. The Morgan fingerprint density at radius 1 is 1.13 bits per heavy atom. The van der Waals surface area contributed by atoms with E-state index in [1.807, 2.05) is 23.9 Å². The molecule has 0 saturated heterocycles. The predicted molar refractivity (Wildman–Crippen MR) is 88.3 cm³/mol. The number of aryl methyl sites for hydroxylation is 2. The van der Waals surface area contributed by atoms with Crippen LogP contribution in [0.4, 0.5) is 10.5 Å². The standard InChI is InChI=1S/C16H17N5O2/c1-20-9-7-17-14(20)10-18-16(23)19-13-5-3-4-12-11(13)6-8-21(2)15(12)22/h3-9H,10H2,1-2H3,(H2,18,19,23). The molecule has 7 heteroatoms. The summed E-state index contributed by atoms with van der Waals surface area (Å²) in [5.41, 5.74) is 0.497. The first-order valence-electron chi connectivity index (χ1n) is 7.15. The number of nitrogens with zero attached hydrogens (tertiary/aromatic N) is 3. The Morgan fingerprint density at radius 2 is 1.96 bits per heavy atom. The van der Waals surface area contributed by atoms with Crippen molar-refractivity contribution < 1.29 is 4.79 Å². The summed E-state index contributed by atoms with van der Waals surface area (Å²) in [5, 5.41) is 6.80. The molecule has 0 unspecified atom stereocenters. The second-order valence-electron chi connectivity index (χ2n) is 5.26. The first-order chi connectivity index (χ1) is 11.1. The number of aromatic nitrogens is 3. The van der Waals surface area contributed by atoms with E-state index in [4.69, 9.17) is 0 Å². The van der Waals surface area contributed by atoms with Crippen LogP contribution in [-0.2, 0) is 20.6 Å². The van der Waals surface area contributed by atoms with E-state index < -0.39 is 0 Å². The molecule has 0 atom stereocenters. The van der Waals surface area contributed by atoms with Crippen molar-refractivity contribution in [3.05, 3.63) is 59.0 Å². The van der Waals surface area contributed by atoms with Gasteiger partial charge in [0, 0.05) is 43.5 Å². The molecule has 23 heavy (non-hydrogen) atoms. The molecule has 3 rings (SSSR count). The van der Waals surface area contributed by atoms with Crippen molar-refractivity contribution in [2.24, 2.45) is 14.1 Å². The fourth-order valence-corrected chi connectivity index (χ4v) is 2.38. The van der Waals surface area contributed by atoms with Gasteiger partial charge in [0.2, 0.25) is 0 Å². The molecule has 0 saturated carbocycles. The van der Waals surface area contributed by atoms with Crippen LogP contribution in [0.15, 0.2) is 47.7 Å². The molecule has 0 aliphatic heterocycles. The normalized spacial score (nSPS) is 10.7. The van der Waals surface area contributed by atoms with Crippen LogP contribution in [0.5, 0.6) is 0 Å². The molecule has 118 valence electrons. The van der Waals surface area contributed by atoms with Gasteiger partial charge >= 0.3 is 6.03 Å². The number of urea groups is 1. The fraction of sp³-hybridized carbons (Fsp3) is 0.188. The number of carbonyl (C=O) groups is 1. The van der Waals surface area contributed by atoms with Crippen LogP contribution in [0.25, 0.3) is 10.8 Å². The zero-order valence-corrected chi connectivity index (χ0v) is 12.9. The largest absolute Gasteiger partial charge is 0.337 e. The monoisotopic (exact) mass is 311 g/mol. The minimum atomic E-state index is -0.346. The lowest BCUT2D eigenvalue weighted by Gasteiger charge is -2.10. The van der Waals surface area contributed by atoms with E-state index in [0.29, 0.717) is 23.0 Å². The predicted octanol–water partition coefficient (Wildman–Crippen LogP) is 1.59. The van der Waals surface area contributed by atoms with Crippen LogP contribution in [0.2, 0.25) is 0 Å². The van der Waals surface area contributed by atoms with Gasteiger partial charge in [-0.15, -0.1) is 0 Å². The lowest BCUT2D eigenvalue weighted by Crippen LogP contribution is -2.29. The maximum Gasteiger partial charge on any atom is 0.319 e. The fourth-order valence-electron chi connectivity index (χ4n) is 2.38. The molecule has 2 amide bonds. The highest BCUT2D eigenvalue weighted by Crippen LogP contribution is 2.20. The number of hydrogen-bond acceptors (Lipinski definition) is 3. The lowest BCUT2D eigenvalue weighted by atomic mass is 10.1. The van der Waals surface area contributed by atoms with E-state index in [0.717, 1.165) is 5.82 Å². The Labute approximate surface area is 132 Å². The summed E-state index contributed by atoms with van der Waals surface area (Å²) in [6.07, 6.45) is 5.17. The van der Waals surface area contributed by atoms with Gasteiger partial charge in [0.05, 0.1) is 12.2 Å². The lowest BCUT2D eigenvalue weighted by molar-refractivity contribution is 0.251. The van der Waals surface area contributed by atoms with E-state index in [9.17, 15) is 9.59 Å². The third-order valence-electron chi connectivity index (χ3n) is 3.70. The summed E-state index contributed by atoms with van der Waals surface area (Å²) in [5.74, 6) is 0.756. The molecule has 2 N–H and O–H groups in total. The van der Waals surface area contributed by atoms with Gasteiger partial charge in [-0.3, -0.25) is 4.79 Å². The van der Waals surface area contributed by atoms with Crippen molar-refractivity contribution in [1.82, 2.24) is 19.4 Å². The summed E-state index contributed by atoms with van der Waals surface area (Å²) in [7, 11) is 3.56. The number of nitrogens with one attached hydrogen (secondary N) is 2. The number of benzene rings is 1. The molecule has 1 aromatic carbocycles. The summed E-state index contributed by atoms with van der Waals surface area (Å²) in [6.45, 7) is 0.321. The summed E-state index contributed by atoms with van der Waals surface area (Å²) in [4.78, 5) is 28.3. The van der Waals surface area contributed by atoms with E-state index >= 15 is 0 Å². The third kappa shape index (κ3) is 2.94. The average Bonchev–Trinajstić information content (AvgIpc) is 2.95. The van der Waals surface area contributed by atoms with Crippen molar-refractivity contribution in [3.63, 3.8) is 0 Å². The number of fused-ring (bicyclic) bond motifs is 1. The zero-order valence-electron chi connectivity index (χ0n) is 12.9. The Morgan fingerprint density at radius 3 is 2.70 bits per heavy atom. The van der Waals surface area contributed by atoms with Crippen LogP contribution >= 0.6 is 0 Å². The maximum absolute atomic E-state index is 12.1. The van der Waals surface area contributed by atoms with Gasteiger partial charge in [0.1, 0.15) is 5.82 Å². The molecule has 7 nitrogen and oxygen atoms in total. The highest BCUT2D eigenvalue weighted by atomic mass is 16.2. The topological polar surface area (TPSA) is 81.0 Å². The third-order valence-corrected chi connectivity index (χ3v) is 3.70. The maximum atomic E-state index is 12.1. The Kier molecular flexibility index (Phi) is 3.84. The molecule has 0 aliphatic rings. The van der Waals surface area contributed by atoms with Gasteiger partial charge in [0.25, 0.3) is 5.56 Å². The number of imidazole rings is 1. The number of pyridine rings is 1. The summed E-state index contributed by atoms with van der Waals surface area (Å²) in [6, 6.07) is 6.72. The van der Waals surface area contributed by atoms with Crippen molar-refractivity contribution in [2.75, 3.05) is 5.32 Å². The molecule has 3 aromatic rings. The van der Waals surface area contributed by atoms with Gasteiger partial charge in [0.15, 0.2) is 0 Å². The second kappa shape index (κ2) is 5.96. The van der Waals surface area contributed by atoms with Gasteiger partial charge < -0.3 is 19.8 Å². The van der Waals surface area contributed by atoms with Crippen molar-refractivity contribution in [3.8, 4) is 0 Å². The smallest absolute Gasteiger partial charge is 0.319 e. The Balaban J connectivity index is 1.79. The SMILES string of the molecule is Cn1ccnc1CNC(=O)Nc1cccc2c(=O)n(C)ccc12. The van der Waals surface area contributed by atoms with Crippen LogP contribution in [0.3, 0.4) is 0 Å². The molecular formula is C16H17N5O2. The Bertz CT molecular complexity index is 926. The van der Waals surface area contributed by atoms with Crippen LogP contribution in [-0.4, -0.2) is 20.1 Å². The molecule has 2 heterocycles. The first-order valence-corrected chi connectivity index (χ1v) is 7.15. The highest BCUT2D eigenvalue weighted by molar-refractivity contribution is 6.01. The molecule has 2 aromatic heterocycles. The molecular weight excluding hydrogens is 294 g/mol. The zero-order chi connectivity index (χ0) is 16.4. The molecule has 0 bridgehead atoms. The number of rotatable bonds is 3. The van der Waals surface area contributed by atoms with Crippen molar-refractivity contribution in [1.29, 1.82) is 0 Å². The van der Waals surface area contributed by atoms with Crippen molar-refractivity contribution in [2.45, 2.75) is 6.54 Å². The van der Waals surface area contributed by atoms with Gasteiger partial charge in [-0.05, 0) is 18.2 Å². The van der Waals surface area contributed by atoms with Crippen LogP contribution in [0.1, 0.15) is 5.82 Å². The average molecular weight is 311 g/mol. The van der Waals surface area contributed by atoms with Gasteiger partial charge in [-0.2, -0.15) is 0 Å². The highest BCUT2D eigenvalue weighted by Gasteiger charge is 2.08. The minimum absolute atomic E-state index is 0.0976. The van der Waals surface area contributed by atoms with E-state index in [1.54, 1.807) is 37.6 Å². The quantitative estimate of drug-likeness (QED) is 0.771. The Hall–Kier alpha value is -3.09. The van der Waals surface area contributed by atoms with E-state index in [2.05, 4.69) is 15.6 Å². The van der Waals surface area contributed by atoms with Gasteiger partial charge in [-0.1, -0.05) is 6.07 Å². The first kappa shape index (κ1) is 14.8. The molecule has 0 fully saturated rings. The number of carbonyl (C=O) groups excluding carboxylic acids is 1. The number of hydrogen-bond donors (Lipinski definition) is 2. The van der Waals surface area contributed by atoms with Crippen molar-refractivity contribution >= 4 is 22.5 Å². The second-order valence-corrected chi connectivity index (χ2v) is 5.26. The number of amides is 2. The minimum Gasteiger partial charge on any atom is -0.337 e. The van der Waals surface area contributed by atoms with E-state index in [1.165, 1.54) is 4.57 Å². The number of anilines is 1. The van der Waals surface area contributed by atoms with E-state index in [-0.39, 0.29) is 11.6 Å². The van der Waals surface area contributed by atoms with Crippen LogP contribution in [0, 0.1) is 0 Å². The summed E-state index contributed by atoms with van der Waals surface area (Å²) >= 11 is 0. The molecule has 0 spiro atoms. The van der Waals surface area contributed by atoms with Crippen LogP contribution < -0.4 is 16.2 Å². The molecule has 0 aliphatic carbocycles. The summed E-state index contributed by atoms with van der Waals surface area (Å²) < 4.78 is 3.34.